The molecule has 0 spiro atoms. The van der Waals surface area contributed by atoms with Gasteiger partial charge in [0, 0.05) is 29.2 Å². The Morgan fingerprint density at radius 1 is 1.24 bits per heavy atom. The van der Waals surface area contributed by atoms with Crippen molar-refractivity contribution in [2.45, 2.75) is 19.5 Å². The number of hydrogen-bond acceptors (Lipinski definition) is 2. The van der Waals surface area contributed by atoms with Crippen molar-refractivity contribution in [2.75, 3.05) is 13.6 Å². The summed E-state index contributed by atoms with van der Waals surface area (Å²) in [7, 11) is 1.97. The summed E-state index contributed by atoms with van der Waals surface area (Å²) < 4.78 is 14.8. The van der Waals surface area contributed by atoms with Gasteiger partial charge in [0.1, 0.15) is 5.82 Å². The van der Waals surface area contributed by atoms with E-state index in [0.29, 0.717) is 18.7 Å². The fourth-order valence-corrected chi connectivity index (χ4v) is 2.79. The van der Waals surface area contributed by atoms with Crippen LogP contribution in [0.1, 0.15) is 22.7 Å². The maximum absolute atomic E-state index is 13.8. The highest BCUT2D eigenvalue weighted by Crippen LogP contribution is 2.25. The maximum atomic E-state index is 13.8. The molecule has 1 unspecified atom stereocenters. The second kappa shape index (κ2) is 7.16. The normalized spacial score (nSPS) is 12.7. The van der Waals surface area contributed by atoms with Crippen LogP contribution in [0.5, 0.6) is 0 Å². The average Bonchev–Trinajstić information content (AvgIpc) is 2.46. The van der Waals surface area contributed by atoms with Gasteiger partial charge in [-0.15, -0.1) is 0 Å². The molecule has 112 valence electrons. The van der Waals surface area contributed by atoms with E-state index in [2.05, 4.69) is 39.0 Å². The average molecular weight is 351 g/mol. The fourth-order valence-electron chi connectivity index (χ4n) is 2.39. The summed E-state index contributed by atoms with van der Waals surface area (Å²) in [5, 5.41) is 0. The molecule has 0 aliphatic heterocycles. The lowest BCUT2D eigenvalue weighted by Crippen LogP contribution is -2.30. The Morgan fingerprint density at radius 2 is 1.95 bits per heavy atom. The van der Waals surface area contributed by atoms with E-state index in [0.717, 1.165) is 10.0 Å². The molecule has 0 aliphatic carbocycles. The molecule has 0 radical (unpaired) electrons. The van der Waals surface area contributed by atoms with Crippen molar-refractivity contribution < 1.29 is 4.39 Å². The number of nitrogens with two attached hydrogens (primary N) is 1. The highest BCUT2D eigenvalue weighted by atomic mass is 79.9. The molecule has 0 aliphatic rings. The van der Waals surface area contributed by atoms with Gasteiger partial charge >= 0.3 is 0 Å². The van der Waals surface area contributed by atoms with Crippen LogP contribution in [0, 0.1) is 12.7 Å². The first-order valence-corrected chi connectivity index (χ1v) is 7.72. The van der Waals surface area contributed by atoms with E-state index < -0.39 is 0 Å². The summed E-state index contributed by atoms with van der Waals surface area (Å²) in [6.45, 7) is 3.06. The zero-order valence-electron chi connectivity index (χ0n) is 12.3. The first-order valence-electron chi connectivity index (χ1n) is 6.92. The first-order chi connectivity index (χ1) is 10.0. The Balaban J connectivity index is 2.20. The molecule has 0 heterocycles. The van der Waals surface area contributed by atoms with Crippen LogP contribution in [0.25, 0.3) is 0 Å². The molecule has 0 bridgehead atoms. The number of benzene rings is 2. The quantitative estimate of drug-likeness (QED) is 0.881. The van der Waals surface area contributed by atoms with Crippen LogP contribution in [0.2, 0.25) is 0 Å². The summed E-state index contributed by atoms with van der Waals surface area (Å²) >= 11 is 3.55. The third-order valence-corrected chi connectivity index (χ3v) is 4.57. The summed E-state index contributed by atoms with van der Waals surface area (Å²) in [6.07, 6.45) is 0. The molecule has 2 nitrogen and oxygen atoms in total. The van der Waals surface area contributed by atoms with Crippen LogP contribution < -0.4 is 5.73 Å². The van der Waals surface area contributed by atoms with E-state index in [4.69, 9.17) is 5.73 Å². The topological polar surface area (TPSA) is 29.3 Å². The highest BCUT2D eigenvalue weighted by molar-refractivity contribution is 9.10. The maximum Gasteiger partial charge on any atom is 0.127 e. The van der Waals surface area contributed by atoms with E-state index in [1.54, 1.807) is 6.07 Å². The Hall–Kier alpha value is -1.23. The van der Waals surface area contributed by atoms with E-state index in [1.165, 1.54) is 11.6 Å². The molecule has 0 saturated heterocycles. The predicted octanol–water partition coefficient (Wildman–Crippen LogP) is 4.03. The van der Waals surface area contributed by atoms with Crippen molar-refractivity contribution in [1.82, 2.24) is 4.90 Å². The van der Waals surface area contributed by atoms with Crippen molar-refractivity contribution in [3.63, 3.8) is 0 Å². The smallest absolute Gasteiger partial charge is 0.127 e. The van der Waals surface area contributed by atoms with Gasteiger partial charge in [-0.05, 0) is 37.2 Å². The van der Waals surface area contributed by atoms with Gasteiger partial charge in [-0.2, -0.15) is 0 Å². The minimum absolute atomic E-state index is 0.0570. The molecule has 2 aromatic carbocycles. The van der Waals surface area contributed by atoms with Crippen LogP contribution in [-0.4, -0.2) is 18.5 Å². The SMILES string of the molecule is Cc1ccc(C(CN)N(C)Cc2ccccc2F)cc1Br. The zero-order chi connectivity index (χ0) is 15.4. The first kappa shape index (κ1) is 16.1. The van der Waals surface area contributed by atoms with E-state index in [9.17, 15) is 4.39 Å². The van der Waals surface area contributed by atoms with Crippen molar-refractivity contribution in [2.24, 2.45) is 5.73 Å². The minimum atomic E-state index is -0.176. The highest BCUT2D eigenvalue weighted by Gasteiger charge is 2.17. The van der Waals surface area contributed by atoms with E-state index in [-0.39, 0.29) is 11.9 Å². The standard InChI is InChI=1S/C17H20BrFN2/c1-12-7-8-13(9-15(12)18)17(10-20)21(2)11-14-5-3-4-6-16(14)19/h3-9,17H,10-11,20H2,1-2H3. The molecule has 0 aromatic heterocycles. The van der Waals surface area contributed by atoms with Gasteiger partial charge in [-0.1, -0.05) is 46.3 Å². The summed E-state index contributed by atoms with van der Waals surface area (Å²) in [6, 6.07) is 13.1. The lowest BCUT2D eigenvalue weighted by molar-refractivity contribution is 0.238. The molecule has 1 atom stereocenters. The van der Waals surface area contributed by atoms with Crippen molar-refractivity contribution in [3.05, 3.63) is 69.4 Å². The molecule has 4 heteroatoms. The summed E-state index contributed by atoms with van der Waals surface area (Å²) in [5.74, 6) is -0.176. The number of halogens is 2. The van der Waals surface area contributed by atoms with Crippen molar-refractivity contribution in [3.8, 4) is 0 Å². The lowest BCUT2D eigenvalue weighted by Gasteiger charge is -2.28. The number of aryl methyl sites for hydroxylation is 1. The molecule has 2 aromatic rings. The predicted molar refractivity (Wildman–Crippen MR) is 88.5 cm³/mol. The monoisotopic (exact) mass is 350 g/mol. The number of nitrogens with zero attached hydrogens (tertiary/aromatic N) is 1. The molecule has 0 fully saturated rings. The number of hydrogen-bond donors (Lipinski definition) is 1. The van der Waals surface area contributed by atoms with Crippen molar-refractivity contribution >= 4 is 15.9 Å². The third-order valence-electron chi connectivity index (χ3n) is 3.71. The largest absolute Gasteiger partial charge is 0.329 e. The molecule has 2 N–H and O–H groups in total. The molecule has 2 rings (SSSR count). The second-order valence-corrected chi connectivity index (χ2v) is 6.12. The van der Waals surface area contributed by atoms with Gasteiger partial charge in [-0.25, -0.2) is 4.39 Å². The molecule has 21 heavy (non-hydrogen) atoms. The van der Waals surface area contributed by atoms with Gasteiger partial charge in [0.2, 0.25) is 0 Å². The molecule has 0 saturated carbocycles. The minimum Gasteiger partial charge on any atom is -0.329 e. The second-order valence-electron chi connectivity index (χ2n) is 5.27. The van der Waals surface area contributed by atoms with E-state index in [1.807, 2.05) is 26.1 Å². The van der Waals surface area contributed by atoms with E-state index >= 15 is 0 Å². The Morgan fingerprint density at radius 3 is 2.57 bits per heavy atom. The summed E-state index contributed by atoms with van der Waals surface area (Å²) in [5.41, 5.74) is 8.94. The fraction of sp³-hybridized carbons (Fsp3) is 0.294. The van der Waals surface area contributed by atoms with Gasteiger partial charge in [-0.3, -0.25) is 4.90 Å². The Bertz CT molecular complexity index is 615. The molecular weight excluding hydrogens is 331 g/mol. The van der Waals surface area contributed by atoms with Crippen LogP contribution in [-0.2, 0) is 6.54 Å². The molecular formula is C17H20BrFN2. The Kier molecular flexibility index (Phi) is 5.51. The van der Waals surface area contributed by atoms with Crippen LogP contribution >= 0.6 is 15.9 Å². The Labute approximate surface area is 133 Å². The third kappa shape index (κ3) is 3.90. The molecule has 0 amide bonds. The lowest BCUT2D eigenvalue weighted by atomic mass is 10.0. The number of likely N-dealkylation sites (N-methyl/N-ethyl adjacent to an activating group) is 1. The van der Waals surface area contributed by atoms with Crippen LogP contribution in [0.15, 0.2) is 46.9 Å². The van der Waals surface area contributed by atoms with Gasteiger partial charge in [0.25, 0.3) is 0 Å². The van der Waals surface area contributed by atoms with Gasteiger partial charge < -0.3 is 5.73 Å². The van der Waals surface area contributed by atoms with Crippen molar-refractivity contribution in [1.29, 1.82) is 0 Å². The van der Waals surface area contributed by atoms with Gasteiger partial charge in [0.05, 0.1) is 0 Å². The van der Waals surface area contributed by atoms with Crippen LogP contribution in [0.3, 0.4) is 0 Å². The van der Waals surface area contributed by atoms with Crippen LogP contribution in [0.4, 0.5) is 4.39 Å². The van der Waals surface area contributed by atoms with Gasteiger partial charge in [0.15, 0.2) is 0 Å². The summed E-state index contributed by atoms with van der Waals surface area (Å²) in [4.78, 5) is 2.08. The number of rotatable bonds is 5. The zero-order valence-corrected chi connectivity index (χ0v) is 13.9.